The van der Waals surface area contributed by atoms with Gasteiger partial charge >= 0.3 is 0 Å². The minimum Gasteiger partial charge on any atom is -0.392 e. The van der Waals surface area contributed by atoms with Crippen LogP contribution in [-0.2, 0) is 0 Å². The highest BCUT2D eigenvalue weighted by Gasteiger charge is 2.26. The lowest BCUT2D eigenvalue weighted by Crippen LogP contribution is -2.19. The molecule has 0 aliphatic heterocycles. The highest BCUT2D eigenvalue weighted by Crippen LogP contribution is 2.41. The van der Waals surface area contributed by atoms with Gasteiger partial charge in [-0.15, -0.1) is 0 Å². The van der Waals surface area contributed by atoms with E-state index in [0.29, 0.717) is 16.2 Å². The number of aliphatic hydroxyl groups excluding tert-OH is 1. The Hall–Kier alpha value is -0.600. The second-order valence-electron chi connectivity index (χ2n) is 7.08. The van der Waals surface area contributed by atoms with Crippen LogP contribution in [0.5, 0.6) is 0 Å². The van der Waals surface area contributed by atoms with Crippen molar-refractivity contribution < 1.29 is 5.11 Å². The summed E-state index contributed by atoms with van der Waals surface area (Å²) in [5.74, 6) is 0.427. The van der Waals surface area contributed by atoms with Crippen LogP contribution >= 0.6 is 15.9 Å². The number of alkyl halides is 1. The van der Waals surface area contributed by atoms with Crippen LogP contribution in [0.3, 0.4) is 0 Å². The van der Waals surface area contributed by atoms with Crippen LogP contribution in [-0.4, -0.2) is 16.5 Å². The van der Waals surface area contributed by atoms with Crippen molar-refractivity contribution in [3.05, 3.63) is 47.1 Å². The second-order valence-corrected chi connectivity index (χ2v) is 8.14. The van der Waals surface area contributed by atoms with E-state index in [1.165, 1.54) is 24.8 Å². The molecule has 0 saturated heterocycles. The van der Waals surface area contributed by atoms with Crippen molar-refractivity contribution in [2.75, 3.05) is 6.61 Å². The molecule has 0 bridgehead atoms. The Balaban J connectivity index is 2.75. The van der Waals surface area contributed by atoms with Crippen LogP contribution in [0.15, 0.2) is 47.1 Å². The van der Waals surface area contributed by atoms with Crippen LogP contribution in [0.25, 0.3) is 0 Å². The van der Waals surface area contributed by atoms with Gasteiger partial charge in [-0.05, 0) is 50.0 Å². The number of allylic oxidation sites excluding steroid dienone is 7. The molecule has 0 radical (unpaired) electrons. The molecule has 0 heterocycles. The zero-order valence-electron chi connectivity index (χ0n) is 14.7. The van der Waals surface area contributed by atoms with E-state index in [0.717, 1.165) is 5.57 Å². The summed E-state index contributed by atoms with van der Waals surface area (Å²) in [4.78, 5) is 0.304. The van der Waals surface area contributed by atoms with E-state index >= 15 is 0 Å². The third-order valence-electron chi connectivity index (χ3n) is 4.57. The summed E-state index contributed by atoms with van der Waals surface area (Å²) in [5, 5.41) is 8.88. The van der Waals surface area contributed by atoms with Gasteiger partial charge in [0.1, 0.15) is 0 Å². The predicted molar refractivity (Wildman–Crippen MR) is 101 cm³/mol. The van der Waals surface area contributed by atoms with E-state index in [1.54, 1.807) is 5.57 Å². The Morgan fingerprint density at radius 3 is 2.64 bits per heavy atom. The van der Waals surface area contributed by atoms with Gasteiger partial charge in [0.25, 0.3) is 0 Å². The zero-order valence-corrected chi connectivity index (χ0v) is 16.3. The Labute approximate surface area is 145 Å². The van der Waals surface area contributed by atoms with Gasteiger partial charge < -0.3 is 5.11 Å². The smallest absolute Gasteiger partial charge is 0.0617 e. The molecule has 22 heavy (non-hydrogen) atoms. The summed E-state index contributed by atoms with van der Waals surface area (Å²) in [5.41, 5.74) is 4.46. The van der Waals surface area contributed by atoms with E-state index in [9.17, 15) is 0 Å². The fourth-order valence-electron chi connectivity index (χ4n) is 3.00. The SMILES string of the molecule is CC1=C(/C=C/[C@H](C)[C@H](Br)/C=C/C(C)=C\CO)C(C)(C)CCC1. The topological polar surface area (TPSA) is 20.2 Å². The van der Waals surface area contributed by atoms with Gasteiger partial charge in [0.05, 0.1) is 6.61 Å². The molecule has 0 unspecified atom stereocenters. The molecular formula is C20H31BrO. The standard InChI is InChI=1S/C20H31BrO/c1-15(12-14-22)8-11-19(21)17(3)9-10-18-16(2)7-6-13-20(18,4)5/h8-12,17,19,22H,6-7,13-14H2,1-5H3/b10-9+,11-8+,15-12-/t17-,19+/m0/s1. The molecule has 1 N–H and O–H groups in total. The average Bonchev–Trinajstić information content (AvgIpc) is 2.43. The lowest BCUT2D eigenvalue weighted by molar-refractivity contribution is 0.342. The molecular weight excluding hydrogens is 336 g/mol. The molecule has 0 saturated carbocycles. The van der Waals surface area contributed by atoms with Crippen molar-refractivity contribution in [3.8, 4) is 0 Å². The van der Waals surface area contributed by atoms with Crippen LogP contribution in [0, 0.1) is 11.3 Å². The molecule has 0 aromatic carbocycles. The number of hydrogen-bond acceptors (Lipinski definition) is 1. The predicted octanol–water partition coefficient (Wildman–Crippen LogP) is 5.96. The lowest BCUT2D eigenvalue weighted by Gasteiger charge is -2.33. The van der Waals surface area contributed by atoms with Crippen molar-refractivity contribution in [3.63, 3.8) is 0 Å². The van der Waals surface area contributed by atoms with Gasteiger partial charge in [0, 0.05) is 4.83 Å². The zero-order chi connectivity index (χ0) is 16.8. The van der Waals surface area contributed by atoms with E-state index in [1.807, 2.05) is 13.0 Å². The third kappa shape index (κ3) is 5.89. The fraction of sp³-hybridized carbons (Fsp3) is 0.600. The third-order valence-corrected chi connectivity index (χ3v) is 5.71. The van der Waals surface area contributed by atoms with Gasteiger partial charge in [-0.25, -0.2) is 0 Å². The first-order valence-electron chi connectivity index (χ1n) is 8.26. The summed E-state index contributed by atoms with van der Waals surface area (Å²) < 4.78 is 0. The summed E-state index contributed by atoms with van der Waals surface area (Å²) in [7, 11) is 0. The Morgan fingerprint density at radius 2 is 2.05 bits per heavy atom. The van der Waals surface area contributed by atoms with Crippen LogP contribution in [0.1, 0.15) is 53.9 Å². The highest BCUT2D eigenvalue weighted by atomic mass is 79.9. The molecule has 1 rings (SSSR count). The van der Waals surface area contributed by atoms with Gasteiger partial charge in [-0.1, -0.05) is 78.2 Å². The first-order valence-corrected chi connectivity index (χ1v) is 9.18. The molecule has 0 amide bonds. The van der Waals surface area contributed by atoms with E-state index < -0.39 is 0 Å². The van der Waals surface area contributed by atoms with Gasteiger partial charge in [0.2, 0.25) is 0 Å². The lowest BCUT2D eigenvalue weighted by atomic mass is 9.72. The van der Waals surface area contributed by atoms with Crippen molar-refractivity contribution in [2.45, 2.75) is 58.7 Å². The Morgan fingerprint density at radius 1 is 1.36 bits per heavy atom. The molecule has 1 nitrogen and oxygen atoms in total. The first-order chi connectivity index (χ1) is 10.3. The largest absolute Gasteiger partial charge is 0.392 e. The van der Waals surface area contributed by atoms with Crippen molar-refractivity contribution in [1.82, 2.24) is 0 Å². The Kier molecular flexibility index (Phi) is 7.85. The van der Waals surface area contributed by atoms with Crippen LogP contribution < -0.4 is 0 Å². The van der Waals surface area contributed by atoms with Gasteiger partial charge in [-0.2, -0.15) is 0 Å². The summed E-state index contributed by atoms with van der Waals surface area (Å²) in [6, 6.07) is 0. The number of hydrogen-bond donors (Lipinski definition) is 1. The summed E-state index contributed by atoms with van der Waals surface area (Å²) >= 11 is 3.75. The molecule has 124 valence electrons. The fourth-order valence-corrected chi connectivity index (χ4v) is 3.32. The van der Waals surface area contributed by atoms with Crippen LogP contribution in [0.2, 0.25) is 0 Å². The van der Waals surface area contributed by atoms with Crippen molar-refractivity contribution >= 4 is 15.9 Å². The molecule has 1 aliphatic carbocycles. The molecule has 0 aromatic rings. The quantitative estimate of drug-likeness (QED) is 0.453. The number of halogens is 1. The maximum atomic E-state index is 8.88. The molecule has 0 spiro atoms. The molecule has 1 aliphatic rings. The number of aliphatic hydroxyl groups is 1. The minimum absolute atomic E-state index is 0.0983. The maximum absolute atomic E-state index is 8.88. The summed E-state index contributed by atoms with van der Waals surface area (Å²) in [6.45, 7) is 11.3. The second kappa shape index (κ2) is 8.88. The molecule has 2 atom stereocenters. The van der Waals surface area contributed by atoms with Crippen molar-refractivity contribution in [1.29, 1.82) is 0 Å². The van der Waals surface area contributed by atoms with Gasteiger partial charge in [0.15, 0.2) is 0 Å². The monoisotopic (exact) mass is 366 g/mol. The van der Waals surface area contributed by atoms with Crippen LogP contribution in [0.4, 0.5) is 0 Å². The van der Waals surface area contributed by atoms with E-state index in [4.69, 9.17) is 5.11 Å². The van der Waals surface area contributed by atoms with E-state index in [2.05, 4.69) is 67.9 Å². The summed E-state index contributed by atoms with van der Waals surface area (Å²) in [6.07, 6.45) is 14.5. The van der Waals surface area contributed by atoms with E-state index in [-0.39, 0.29) is 6.61 Å². The first kappa shape index (κ1) is 19.4. The average molecular weight is 367 g/mol. The maximum Gasteiger partial charge on any atom is 0.0617 e. The normalized spacial score (nSPS) is 22.6. The molecule has 0 aromatic heterocycles. The molecule has 0 fully saturated rings. The van der Waals surface area contributed by atoms with Gasteiger partial charge in [-0.3, -0.25) is 0 Å². The highest BCUT2D eigenvalue weighted by molar-refractivity contribution is 9.09. The van der Waals surface area contributed by atoms with Crippen molar-refractivity contribution in [2.24, 2.45) is 11.3 Å². The Bertz CT molecular complexity index is 480. The molecule has 2 heteroatoms. The number of rotatable bonds is 6. The minimum atomic E-state index is 0.0983.